The maximum absolute atomic E-state index is 5.55. The predicted octanol–water partition coefficient (Wildman–Crippen LogP) is 2.03. The lowest BCUT2D eigenvalue weighted by molar-refractivity contribution is 0.311. The van der Waals surface area contributed by atoms with Crippen LogP contribution in [0.15, 0.2) is 18.2 Å². The molecule has 0 aliphatic rings. The van der Waals surface area contributed by atoms with Crippen LogP contribution in [0.1, 0.15) is 17.5 Å². The summed E-state index contributed by atoms with van der Waals surface area (Å²) in [6.07, 6.45) is 0.910. The van der Waals surface area contributed by atoms with Crippen molar-refractivity contribution < 1.29 is 4.74 Å². The Morgan fingerprint density at radius 2 is 2.08 bits per heavy atom. The van der Waals surface area contributed by atoms with E-state index in [0.29, 0.717) is 13.2 Å². The molecule has 0 heterocycles. The molecule has 1 aromatic carbocycles. The second-order valence-electron chi connectivity index (χ2n) is 3.26. The maximum Gasteiger partial charge on any atom is 0.122 e. The topological polar surface area (TPSA) is 35.2 Å². The molecule has 13 heavy (non-hydrogen) atoms. The monoisotopic (exact) mass is 179 g/mol. The van der Waals surface area contributed by atoms with Crippen LogP contribution in [0.25, 0.3) is 0 Å². The minimum atomic E-state index is 0.685. The van der Waals surface area contributed by atoms with Crippen LogP contribution in [0.2, 0.25) is 0 Å². The lowest BCUT2D eigenvalue weighted by atomic mass is 10.1. The third-order valence-corrected chi connectivity index (χ3v) is 1.94. The van der Waals surface area contributed by atoms with Gasteiger partial charge in [0.1, 0.15) is 5.75 Å². The van der Waals surface area contributed by atoms with Crippen LogP contribution in [0, 0.1) is 13.8 Å². The number of aryl methyl sites for hydroxylation is 2. The Bertz CT molecular complexity index is 271. The van der Waals surface area contributed by atoms with Crippen molar-refractivity contribution in [1.82, 2.24) is 0 Å². The normalized spacial score (nSPS) is 10.1. The van der Waals surface area contributed by atoms with Crippen molar-refractivity contribution in [3.8, 4) is 5.75 Å². The highest BCUT2D eigenvalue weighted by Gasteiger charge is 1.98. The molecule has 2 nitrogen and oxygen atoms in total. The van der Waals surface area contributed by atoms with Gasteiger partial charge in [0, 0.05) is 0 Å². The van der Waals surface area contributed by atoms with Crippen molar-refractivity contribution in [2.45, 2.75) is 20.3 Å². The largest absolute Gasteiger partial charge is 0.493 e. The van der Waals surface area contributed by atoms with E-state index in [0.717, 1.165) is 12.2 Å². The van der Waals surface area contributed by atoms with Gasteiger partial charge in [-0.05, 0) is 38.4 Å². The van der Waals surface area contributed by atoms with Crippen molar-refractivity contribution in [2.24, 2.45) is 5.73 Å². The van der Waals surface area contributed by atoms with Gasteiger partial charge in [-0.25, -0.2) is 0 Å². The Morgan fingerprint density at radius 3 is 2.69 bits per heavy atom. The minimum Gasteiger partial charge on any atom is -0.493 e. The Kier molecular flexibility index (Phi) is 3.77. The van der Waals surface area contributed by atoms with E-state index in [4.69, 9.17) is 10.5 Å². The van der Waals surface area contributed by atoms with Crippen LogP contribution in [-0.4, -0.2) is 13.2 Å². The van der Waals surface area contributed by atoms with Gasteiger partial charge in [0.15, 0.2) is 0 Å². The summed E-state index contributed by atoms with van der Waals surface area (Å²) in [7, 11) is 0. The maximum atomic E-state index is 5.55. The standard InChI is InChI=1S/C11H17NO/c1-9-4-5-11(10(2)8-9)13-7-3-6-12/h4-5,8H,3,6-7,12H2,1-2H3. The lowest BCUT2D eigenvalue weighted by Crippen LogP contribution is -2.06. The van der Waals surface area contributed by atoms with Crippen molar-refractivity contribution in [2.75, 3.05) is 13.2 Å². The molecule has 0 atom stereocenters. The SMILES string of the molecule is Cc1ccc(OCCCN)c(C)c1. The Balaban J connectivity index is 2.56. The van der Waals surface area contributed by atoms with Crippen molar-refractivity contribution >= 4 is 0 Å². The number of rotatable bonds is 4. The van der Waals surface area contributed by atoms with Crippen LogP contribution in [0.5, 0.6) is 5.75 Å². The zero-order valence-electron chi connectivity index (χ0n) is 8.34. The van der Waals surface area contributed by atoms with Gasteiger partial charge in [0.2, 0.25) is 0 Å². The van der Waals surface area contributed by atoms with E-state index in [1.54, 1.807) is 0 Å². The summed E-state index contributed by atoms with van der Waals surface area (Å²) in [6.45, 7) is 5.53. The Labute approximate surface area is 79.7 Å². The molecule has 0 aromatic heterocycles. The number of benzene rings is 1. The molecule has 1 aromatic rings. The Morgan fingerprint density at radius 1 is 1.31 bits per heavy atom. The van der Waals surface area contributed by atoms with Gasteiger partial charge in [-0.2, -0.15) is 0 Å². The zero-order chi connectivity index (χ0) is 9.68. The third kappa shape index (κ3) is 3.07. The average Bonchev–Trinajstić information content (AvgIpc) is 2.09. The smallest absolute Gasteiger partial charge is 0.122 e. The number of hydrogen-bond donors (Lipinski definition) is 1. The quantitative estimate of drug-likeness (QED) is 0.718. The van der Waals surface area contributed by atoms with Gasteiger partial charge >= 0.3 is 0 Å². The molecule has 0 bridgehead atoms. The molecule has 2 heteroatoms. The van der Waals surface area contributed by atoms with Crippen LogP contribution in [0.3, 0.4) is 0 Å². The van der Waals surface area contributed by atoms with E-state index in [9.17, 15) is 0 Å². The molecular formula is C11H17NO. The number of nitrogens with two attached hydrogens (primary N) is 1. The fraction of sp³-hybridized carbons (Fsp3) is 0.455. The van der Waals surface area contributed by atoms with E-state index in [2.05, 4.69) is 26.0 Å². The number of hydrogen-bond acceptors (Lipinski definition) is 2. The molecule has 0 saturated carbocycles. The van der Waals surface area contributed by atoms with Gasteiger partial charge in [-0.15, -0.1) is 0 Å². The predicted molar refractivity (Wildman–Crippen MR) is 55.1 cm³/mol. The zero-order valence-corrected chi connectivity index (χ0v) is 8.34. The van der Waals surface area contributed by atoms with Gasteiger partial charge in [0.25, 0.3) is 0 Å². The summed E-state index contributed by atoms with van der Waals surface area (Å²) < 4.78 is 5.55. The number of ether oxygens (including phenoxy) is 1. The summed E-state index contributed by atoms with van der Waals surface area (Å²) in [4.78, 5) is 0. The van der Waals surface area contributed by atoms with Crippen molar-refractivity contribution in [3.63, 3.8) is 0 Å². The van der Waals surface area contributed by atoms with Gasteiger partial charge < -0.3 is 10.5 Å². The van der Waals surface area contributed by atoms with Crippen LogP contribution < -0.4 is 10.5 Å². The molecule has 2 N–H and O–H groups in total. The molecular weight excluding hydrogens is 162 g/mol. The molecule has 0 aliphatic carbocycles. The molecule has 72 valence electrons. The first-order valence-electron chi connectivity index (χ1n) is 4.64. The third-order valence-electron chi connectivity index (χ3n) is 1.94. The molecule has 0 radical (unpaired) electrons. The molecule has 0 aliphatic heterocycles. The minimum absolute atomic E-state index is 0.685. The highest BCUT2D eigenvalue weighted by molar-refractivity contribution is 5.35. The summed E-state index contributed by atoms with van der Waals surface area (Å²) in [5.41, 5.74) is 7.83. The van der Waals surface area contributed by atoms with Gasteiger partial charge in [-0.3, -0.25) is 0 Å². The highest BCUT2D eigenvalue weighted by Crippen LogP contribution is 2.18. The average molecular weight is 179 g/mol. The van der Waals surface area contributed by atoms with E-state index < -0.39 is 0 Å². The molecule has 0 spiro atoms. The van der Waals surface area contributed by atoms with Crippen LogP contribution >= 0.6 is 0 Å². The van der Waals surface area contributed by atoms with Crippen molar-refractivity contribution in [3.05, 3.63) is 29.3 Å². The fourth-order valence-electron chi connectivity index (χ4n) is 1.23. The summed E-state index contributed by atoms with van der Waals surface area (Å²) in [6, 6.07) is 6.20. The lowest BCUT2D eigenvalue weighted by Gasteiger charge is -2.08. The van der Waals surface area contributed by atoms with Crippen molar-refractivity contribution in [1.29, 1.82) is 0 Å². The van der Waals surface area contributed by atoms with Crippen LogP contribution in [0.4, 0.5) is 0 Å². The second-order valence-corrected chi connectivity index (χ2v) is 3.26. The molecule has 1 rings (SSSR count). The molecule has 0 fully saturated rings. The molecule has 0 unspecified atom stereocenters. The van der Waals surface area contributed by atoms with E-state index >= 15 is 0 Å². The summed E-state index contributed by atoms with van der Waals surface area (Å²) in [5, 5.41) is 0. The van der Waals surface area contributed by atoms with E-state index in [1.807, 2.05) is 6.07 Å². The highest BCUT2D eigenvalue weighted by atomic mass is 16.5. The summed E-state index contributed by atoms with van der Waals surface area (Å²) >= 11 is 0. The van der Waals surface area contributed by atoms with Crippen LogP contribution in [-0.2, 0) is 0 Å². The van der Waals surface area contributed by atoms with Gasteiger partial charge in [0.05, 0.1) is 6.61 Å². The summed E-state index contributed by atoms with van der Waals surface area (Å²) in [5.74, 6) is 0.971. The Hall–Kier alpha value is -1.02. The van der Waals surface area contributed by atoms with E-state index in [-0.39, 0.29) is 0 Å². The van der Waals surface area contributed by atoms with Gasteiger partial charge in [-0.1, -0.05) is 17.7 Å². The van der Waals surface area contributed by atoms with E-state index in [1.165, 1.54) is 11.1 Å². The molecule has 0 amide bonds. The first-order valence-corrected chi connectivity index (χ1v) is 4.64. The first-order chi connectivity index (χ1) is 6.24. The fourth-order valence-corrected chi connectivity index (χ4v) is 1.23. The molecule has 0 saturated heterocycles. The second kappa shape index (κ2) is 4.87. The first kappa shape index (κ1) is 10.1.